The number of carbonyl (C=O) groups is 1. The Morgan fingerprint density at radius 2 is 1.92 bits per heavy atom. The van der Waals surface area contributed by atoms with Gasteiger partial charge >= 0.3 is 0 Å². The molecule has 0 spiro atoms. The molecule has 0 heterocycles. The van der Waals surface area contributed by atoms with E-state index in [0.717, 1.165) is 13.0 Å². The summed E-state index contributed by atoms with van der Waals surface area (Å²) in [6.45, 7) is 11.1. The van der Waals surface area contributed by atoms with Gasteiger partial charge in [0.2, 0.25) is 5.91 Å². The van der Waals surface area contributed by atoms with E-state index in [0.29, 0.717) is 0 Å². The van der Waals surface area contributed by atoms with Crippen LogP contribution in [-0.4, -0.2) is 12.5 Å². The monoisotopic (exact) mass is 171 g/mol. The summed E-state index contributed by atoms with van der Waals surface area (Å²) in [5.74, 6) is 0.303. The smallest absolute Gasteiger partial charge is 0.222 e. The summed E-state index contributed by atoms with van der Waals surface area (Å²) in [5.41, 5.74) is 0.241. The zero-order valence-electron chi connectivity index (χ0n) is 8.90. The second kappa shape index (κ2) is 4.48. The molecule has 0 aliphatic rings. The molecule has 2 heteroatoms. The second-order valence-corrected chi connectivity index (χ2v) is 4.56. The van der Waals surface area contributed by atoms with Crippen LogP contribution in [0.2, 0.25) is 0 Å². The van der Waals surface area contributed by atoms with Gasteiger partial charge in [-0.15, -0.1) is 0 Å². The van der Waals surface area contributed by atoms with E-state index in [9.17, 15) is 4.79 Å². The van der Waals surface area contributed by atoms with Gasteiger partial charge in [0.15, 0.2) is 0 Å². The van der Waals surface area contributed by atoms with Crippen LogP contribution in [0.1, 0.15) is 41.0 Å². The average Bonchev–Trinajstić information content (AvgIpc) is 1.84. The number of amides is 1. The number of carbonyl (C=O) groups excluding carboxylic acids is 1. The van der Waals surface area contributed by atoms with Crippen LogP contribution in [0.5, 0.6) is 0 Å². The van der Waals surface area contributed by atoms with E-state index in [1.54, 1.807) is 0 Å². The van der Waals surface area contributed by atoms with E-state index in [4.69, 9.17) is 0 Å². The molecule has 12 heavy (non-hydrogen) atoms. The van der Waals surface area contributed by atoms with Crippen LogP contribution >= 0.6 is 0 Å². The predicted molar refractivity (Wildman–Crippen MR) is 51.9 cm³/mol. The lowest BCUT2D eigenvalue weighted by Crippen LogP contribution is -2.31. The molecule has 0 aromatic rings. The first-order chi connectivity index (χ1) is 5.37. The van der Waals surface area contributed by atoms with E-state index in [1.807, 2.05) is 13.8 Å². The van der Waals surface area contributed by atoms with E-state index in [1.165, 1.54) is 0 Å². The van der Waals surface area contributed by atoms with Crippen LogP contribution in [0.3, 0.4) is 0 Å². The Labute approximate surface area is 75.7 Å². The Morgan fingerprint density at radius 3 is 2.25 bits per heavy atom. The summed E-state index contributed by atoms with van der Waals surface area (Å²) in [4.78, 5) is 11.3. The highest BCUT2D eigenvalue weighted by molar-refractivity contribution is 5.78. The Hall–Kier alpha value is -0.530. The van der Waals surface area contributed by atoms with Crippen LogP contribution in [0.4, 0.5) is 0 Å². The van der Waals surface area contributed by atoms with E-state index < -0.39 is 0 Å². The van der Waals surface area contributed by atoms with Gasteiger partial charge in [0, 0.05) is 12.5 Å². The minimum absolute atomic E-state index is 0.130. The zero-order valence-corrected chi connectivity index (χ0v) is 8.90. The van der Waals surface area contributed by atoms with Gasteiger partial charge in [0.05, 0.1) is 0 Å². The summed E-state index contributed by atoms with van der Waals surface area (Å²) in [5, 5.41) is 2.83. The van der Waals surface area contributed by atoms with Crippen molar-refractivity contribution in [2.24, 2.45) is 11.3 Å². The second-order valence-electron chi connectivity index (χ2n) is 4.56. The topological polar surface area (TPSA) is 29.1 Å². The molecule has 1 N–H and O–H groups in total. The SMILES string of the molecule is CCNC(=O)C(C)CC(C)(C)C. The lowest BCUT2D eigenvalue weighted by Gasteiger charge is -2.22. The molecule has 0 aliphatic carbocycles. The molecule has 0 saturated heterocycles. The van der Waals surface area contributed by atoms with Crippen molar-refractivity contribution in [3.8, 4) is 0 Å². The molecule has 1 atom stereocenters. The molecule has 72 valence electrons. The zero-order chi connectivity index (χ0) is 9.78. The number of hydrogen-bond acceptors (Lipinski definition) is 1. The Balaban J connectivity index is 3.87. The maximum absolute atomic E-state index is 11.3. The molecule has 0 aliphatic heterocycles. The normalized spacial score (nSPS) is 14.1. The average molecular weight is 171 g/mol. The van der Waals surface area contributed by atoms with Crippen LogP contribution in [0.25, 0.3) is 0 Å². The van der Waals surface area contributed by atoms with Crippen molar-refractivity contribution >= 4 is 5.91 Å². The lowest BCUT2D eigenvalue weighted by atomic mass is 9.85. The van der Waals surface area contributed by atoms with Crippen LogP contribution in [0.15, 0.2) is 0 Å². The van der Waals surface area contributed by atoms with E-state index >= 15 is 0 Å². The molecule has 0 fully saturated rings. The molecule has 0 aromatic heterocycles. The van der Waals surface area contributed by atoms with Crippen LogP contribution in [-0.2, 0) is 4.79 Å². The minimum atomic E-state index is 0.130. The highest BCUT2D eigenvalue weighted by atomic mass is 16.1. The fourth-order valence-electron chi connectivity index (χ4n) is 1.36. The highest BCUT2D eigenvalue weighted by Crippen LogP contribution is 2.23. The molecule has 0 rings (SSSR count). The van der Waals surface area contributed by atoms with Gasteiger partial charge in [0.25, 0.3) is 0 Å². The van der Waals surface area contributed by atoms with Crippen molar-refractivity contribution in [1.82, 2.24) is 5.32 Å². The molecule has 0 bridgehead atoms. The van der Waals surface area contributed by atoms with Crippen molar-refractivity contribution in [3.05, 3.63) is 0 Å². The maximum atomic E-state index is 11.3. The quantitative estimate of drug-likeness (QED) is 0.693. The molecule has 2 nitrogen and oxygen atoms in total. The largest absolute Gasteiger partial charge is 0.356 e. The first kappa shape index (κ1) is 11.5. The minimum Gasteiger partial charge on any atom is -0.356 e. The fraction of sp³-hybridized carbons (Fsp3) is 0.900. The van der Waals surface area contributed by atoms with Crippen LogP contribution < -0.4 is 5.32 Å². The van der Waals surface area contributed by atoms with Crippen molar-refractivity contribution in [1.29, 1.82) is 0 Å². The summed E-state index contributed by atoms with van der Waals surface area (Å²) >= 11 is 0. The first-order valence-corrected chi connectivity index (χ1v) is 4.64. The number of rotatable bonds is 3. The number of nitrogens with one attached hydrogen (secondary N) is 1. The molecule has 1 unspecified atom stereocenters. The maximum Gasteiger partial charge on any atom is 0.222 e. The predicted octanol–water partition coefficient (Wildman–Crippen LogP) is 2.19. The first-order valence-electron chi connectivity index (χ1n) is 4.64. The van der Waals surface area contributed by atoms with Gasteiger partial charge in [-0.05, 0) is 18.8 Å². The molecule has 0 radical (unpaired) electrons. The third-order valence-electron chi connectivity index (χ3n) is 1.72. The van der Waals surface area contributed by atoms with E-state index in [-0.39, 0.29) is 17.2 Å². The van der Waals surface area contributed by atoms with Gasteiger partial charge in [-0.1, -0.05) is 27.7 Å². The van der Waals surface area contributed by atoms with Crippen molar-refractivity contribution < 1.29 is 4.79 Å². The molecule has 1 amide bonds. The summed E-state index contributed by atoms with van der Waals surface area (Å²) in [6, 6.07) is 0. The Bertz CT molecular complexity index is 146. The van der Waals surface area contributed by atoms with Gasteiger partial charge in [0.1, 0.15) is 0 Å². The number of hydrogen-bond donors (Lipinski definition) is 1. The van der Waals surface area contributed by atoms with E-state index in [2.05, 4.69) is 26.1 Å². The van der Waals surface area contributed by atoms with Gasteiger partial charge in [-0.3, -0.25) is 4.79 Å². The summed E-state index contributed by atoms with van der Waals surface area (Å²) in [7, 11) is 0. The molecule has 0 aromatic carbocycles. The summed E-state index contributed by atoms with van der Waals surface area (Å²) < 4.78 is 0. The third-order valence-corrected chi connectivity index (χ3v) is 1.72. The Kier molecular flexibility index (Phi) is 4.29. The van der Waals surface area contributed by atoms with Crippen molar-refractivity contribution in [3.63, 3.8) is 0 Å². The fourth-order valence-corrected chi connectivity index (χ4v) is 1.36. The summed E-state index contributed by atoms with van der Waals surface area (Å²) in [6.07, 6.45) is 0.943. The van der Waals surface area contributed by atoms with Gasteiger partial charge in [-0.2, -0.15) is 0 Å². The molecule has 0 saturated carbocycles. The highest BCUT2D eigenvalue weighted by Gasteiger charge is 2.19. The molecular weight excluding hydrogens is 150 g/mol. The van der Waals surface area contributed by atoms with Crippen LogP contribution in [0, 0.1) is 11.3 Å². The lowest BCUT2D eigenvalue weighted by molar-refractivity contribution is -0.125. The van der Waals surface area contributed by atoms with Gasteiger partial charge < -0.3 is 5.32 Å². The van der Waals surface area contributed by atoms with Crippen molar-refractivity contribution in [2.45, 2.75) is 41.0 Å². The molecular formula is C10H21NO. The standard InChI is InChI=1S/C10H21NO/c1-6-11-9(12)8(2)7-10(3,4)5/h8H,6-7H2,1-5H3,(H,11,12). The van der Waals surface area contributed by atoms with Gasteiger partial charge in [-0.25, -0.2) is 0 Å². The Morgan fingerprint density at radius 1 is 1.42 bits per heavy atom. The third kappa shape index (κ3) is 5.16. The van der Waals surface area contributed by atoms with Crippen molar-refractivity contribution in [2.75, 3.05) is 6.54 Å².